The molecule has 4 rings (SSSR count). The highest BCUT2D eigenvalue weighted by Crippen LogP contribution is 2.66. The van der Waals surface area contributed by atoms with Crippen molar-refractivity contribution in [3.05, 3.63) is 36.0 Å². The molecule has 0 N–H and O–H groups in total. The Labute approximate surface area is 185 Å². The summed E-state index contributed by atoms with van der Waals surface area (Å²) in [5, 5.41) is 0. The van der Waals surface area contributed by atoms with E-state index in [0.29, 0.717) is 40.8 Å². The van der Waals surface area contributed by atoms with Crippen LogP contribution < -0.4 is 0 Å². The molecule has 8 atom stereocenters. The monoisotopic (exact) mass is 408 g/mol. The Kier molecular flexibility index (Phi) is 5.97. The third kappa shape index (κ3) is 3.39. The fourth-order valence-electron chi connectivity index (χ4n) is 8.23. The number of allylic oxidation sites excluding steroid dienone is 6. The first-order chi connectivity index (χ1) is 14.2. The zero-order valence-electron chi connectivity index (χ0n) is 20.3. The van der Waals surface area contributed by atoms with Crippen LogP contribution in [0.3, 0.4) is 0 Å². The van der Waals surface area contributed by atoms with Crippen molar-refractivity contribution in [1.29, 1.82) is 0 Å². The highest BCUT2D eigenvalue weighted by atomic mass is 16.1. The molecule has 0 aromatic carbocycles. The van der Waals surface area contributed by atoms with Gasteiger partial charge in [0.25, 0.3) is 0 Å². The topological polar surface area (TPSA) is 17.1 Å². The van der Waals surface area contributed by atoms with Gasteiger partial charge >= 0.3 is 0 Å². The predicted molar refractivity (Wildman–Crippen MR) is 127 cm³/mol. The van der Waals surface area contributed by atoms with Crippen LogP contribution in [0.4, 0.5) is 0 Å². The molecule has 0 aromatic rings. The first-order valence-electron chi connectivity index (χ1n) is 12.8. The molecule has 0 radical (unpaired) electrons. The molecule has 0 saturated heterocycles. The van der Waals surface area contributed by atoms with E-state index in [2.05, 4.69) is 65.8 Å². The molecule has 4 aliphatic rings. The zero-order chi connectivity index (χ0) is 21.7. The minimum absolute atomic E-state index is 0.226. The van der Waals surface area contributed by atoms with Gasteiger partial charge in [0.1, 0.15) is 0 Å². The van der Waals surface area contributed by atoms with Gasteiger partial charge in [0.2, 0.25) is 0 Å². The molecule has 166 valence electrons. The van der Waals surface area contributed by atoms with E-state index in [0.717, 1.165) is 5.92 Å². The molecule has 1 heteroatoms. The van der Waals surface area contributed by atoms with Crippen LogP contribution in [0.1, 0.15) is 86.5 Å². The molecule has 0 spiro atoms. The lowest BCUT2D eigenvalue weighted by molar-refractivity contribution is -0.133. The van der Waals surface area contributed by atoms with E-state index in [-0.39, 0.29) is 11.3 Å². The number of carbonyl (C=O) groups excluding carboxylic acids is 1. The predicted octanol–water partition coefficient (Wildman–Crippen LogP) is 7.79. The molecular formula is C29H44O. The maximum Gasteiger partial charge on any atom is 0.159 e. The Morgan fingerprint density at radius 3 is 2.53 bits per heavy atom. The summed E-state index contributed by atoms with van der Waals surface area (Å²) in [4.78, 5) is 13.4. The van der Waals surface area contributed by atoms with Gasteiger partial charge in [-0.05, 0) is 103 Å². The molecule has 0 aliphatic heterocycles. The molecule has 0 bridgehead atoms. The number of rotatable bonds is 5. The summed E-state index contributed by atoms with van der Waals surface area (Å²) in [7, 11) is 0. The second-order valence-corrected chi connectivity index (χ2v) is 11.9. The quantitative estimate of drug-likeness (QED) is 0.424. The summed E-state index contributed by atoms with van der Waals surface area (Å²) < 4.78 is 0. The lowest BCUT2D eigenvalue weighted by Crippen LogP contribution is -2.52. The Bertz CT molecular complexity index is 754. The fraction of sp³-hybridized carbons (Fsp3) is 0.759. The standard InChI is InChI=1S/C29H44O/c1-7-21(19(2)3)12-11-20(4)23-13-14-24-27-25(15-17-29(23,24)6)28(5)16-9-8-10-22(28)18-26(27)30/h8,10-12,18-21,23-25,27H,7,9,13-17H2,1-6H3/t20-,21-,23-,24+,25+,27+,28+,29-/m1/s1. The van der Waals surface area contributed by atoms with Crippen LogP contribution in [0.2, 0.25) is 0 Å². The first-order valence-corrected chi connectivity index (χ1v) is 12.8. The average molecular weight is 409 g/mol. The average Bonchev–Trinajstić information content (AvgIpc) is 3.05. The van der Waals surface area contributed by atoms with E-state index in [1.54, 1.807) is 0 Å². The number of fused-ring (bicyclic) bond motifs is 5. The van der Waals surface area contributed by atoms with Gasteiger partial charge in [0, 0.05) is 5.92 Å². The maximum atomic E-state index is 13.4. The molecule has 1 nitrogen and oxygen atoms in total. The first kappa shape index (κ1) is 22.1. The molecule has 0 unspecified atom stereocenters. The van der Waals surface area contributed by atoms with E-state index < -0.39 is 0 Å². The van der Waals surface area contributed by atoms with Crippen molar-refractivity contribution in [3.8, 4) is 0 Å². The minimum atomic E-state index is 0.226. The third-order valence-corrected chi connectivity index (χ3v) is 10.2. The molecule has 2 saturated carbocycles. The summed E-state index contributed by atoms with van der Waals surface area (Å²) in [6.07, 6.45) is 20.3. The molecule has 0 heterocycles. The Morgan fingerprint density at radius 1 is 1.07 bits per heavy atom. The van der Waals surface area contributed by atoms with Gasteiger partial charge in [-0.25, -0.2) is 0 Å². The Hall–Kier alpha value is -1.11. The van der Waals surface area contributed by atoms with Crippen LogP contribution in [0, 0.1) is 52.3 Å². The minimum Gasteiger partial charge on any atom is -0.295 e. The fourth-order valence-corrected chi connectivity index (χ4v) is 8.23. The molecule has 30 heavy (non-hydrogen) atoms. The van der Waals surface area contributed by atoms with E-state index >= 15 is 0 Å². The number of hydrogen-bond donors (Lipinski definition) is 0. The van der Waals surface area contributed by atoms with Gasteiger partial charge in [-0.2, -0.15) is 0 Å². The van der Waals surface area contributed by atoms with Crippen molar-refractivity contribution in [2.24, 2.45) is 52.3 Å². The maximum absolute atomic E-state index is 13.4. The van der Waals surface area contributed by atoms with Crippen molar-refractivity contribution in [1.82, 2.24) is 0 Å². The van der Waals surface area contributed by atoms with Crippen molar-refractivity contribution < 1.29 is 4.79 Å². The van der Waals surface area contributed by atoms with Crippen molar-refractivity contribution in [2.45, 2.75) is 86.5 Å². The second-order valence-electron chi connectivity index (χ2n) is 11.9. The smallest absolute Gasteiger partial charge is 0.159 e. The SMILES string of the molecule is CC[C@H](C=C[C@@H](C)[C@H]1CC[C@H]2[C@@H]3C(=O)C=C4C=CCC[C@]4(C)[C@H]3CC[C@]12C)C(C)C. The van der Waals surface area contributed by atoms with Gasteiger partial charge in [0.15, 0.2) is 5.78 Å². The van der Waals surface area contributed by atoms with E-state index in [4.69, 9.17) is 0 Å². The van der Waals surface area contributed by atoms with E-state index in [9.17, 15) is 4.79 Å². The summed E-state index contributed by atoms with van der Waals surface area (Å²) in [5.74, 6) is 4.60. The van der Waals surface area contributed by atoms with Crippen LogP contribution in [0.25, 0.3) is 0 Å². The number of ketones is 1. The van der Waals surface area contributed by atoms with Crippen LogP contribution in [-0.4, -0.2) is 5.78 Å². The molecular weight excluding hydrogens is 364 g/mol. The molecule has 2 fully saturated rings. The van der Waals surface area contributed by atoms with Crippen molar-refractivity contribution in [2.75, 3.05) is 0 Å². The van der Waals surface area contributed by atoms with Gasteiger partial charge < -0.3 is 0 Å². The zero-order valence-corrected chi connectivity index (χ0v) is 20.3. The summed E-state index contributed by atoms with van der Waals surface area (Å²) in [5.41, 5.74) is 1.88. The second kappa shape index (κ2) is 8.10. The molecule has 0 aromatic heterocycles. The summed E-state index contributed by atoms with van der Waals surface area (Å²) >= 11 is 0. The van der Waals surface area contributed by atoms with Crippen LogP contribution in [0.15, 0.2) is 36.0 Å². The van der Waals surface area contributed by atoms with Crippen molar-refractivity contribution >= 4 is 5.78 Å². The molecule has 4 aliphatic carbocycles. The highest BCUT2D eigenvalue weighted by molar-refractivity contribution is 5.95. The highest BCUT2D eigenvalue weighted by Gasteiger charge is 2.60. The Morgan fingerprint density at radius 2 is 1.83 bits per heavy atom. The van der Waals surface area contributed by atoms with Gasteiger partial charge in [-0.15, -0.1) is 0 Å². The normalized spacial score (nSPS) is 42.6. The van der Waals surface area contributed by atoms with Gasteiger partial charge in [0.05, 0.1) is 0 Å². The van der Waals surface area contributed by atoms with Gasteiger partial charge in [-0.3, -0.25) is 4.79 Å². The van der Waals surface area contributed by atoms with E-state index in [1.165, 1.54) is 50.5 Å². The van der Waals surface area contributed by atoms with Crippen LogP contribution >= 0.6 is 0 Å². The van der Waals surface area contributed by atoms with E-state index in [1.807, 2.05) is 6.08 Å². The van der Waals surface area contributed by atoms with Crippen LogP contribution in [0.5, 0.6) is 0 Å². The number of hydrogen-bond acceptors (Lipinski definition) is 1. The summed E-state index contributed by atoms with van der Waals surface area (Å²) in [6, 6.07) is 0. The summed E-state index contributed by atoms with van der Waals surface area (Å²) in [6.45, 7) is 14.5. The Balaban J connectivity index is 1.58. The lowest BCUT2D eigenvalue weighted by atomic mass is 9.47. The van der Waals surface area contributed by atoms with Gasteiger partial charge in [-0.1, -0.05) is 65.8 Å². The molecule has 0 amide bonds. The lowest BCUT2D eigenvalue weighted by Gasteiger charge is -2.56. The third-order valence-electron chi connectivity index (χ3n) is 10.2. The largest absolute Gasteiger partial charge is 0.295 e. The van der Waals surface area contributed by atoms with Crippen molar-refractivity contribution in [3.63, 3.8) is 0 Å². The number of carbonyl (C=O) groups is 1. The van der Waals surface area contributed by atoms with Crippen LogP contribution in [-0.2, 0) is 4.79 Å².